The third kappa shape index (κ3) is 4.09. The molecule has 0 aliphatic carbocycles. The molecule has 10 heteroatoms. The number of carbonyl (C=O) groups excluding carboxylic acids is 2. The molecule has 3 saturated heterocycles. The van der Waals surface area contributed by atoms with Gasteiger partial charge in [-0.2, -0.15) is 0 Å². The second kappa shape index (κ2) is 9.02. The monoisotopic (exact) mass is 504 g/mol. The number of amides is 2. The number of aryl methyl sites for hydroxylation is 1. The molecule has 2 amide bonds. The molecule has 10 nitrogen and oxygen atoms in total. The molecule has 6 rings (SSSR count). The number of nitrogens with one attached hydrogen (secondary N) is 1. The summed E-state index contributed by atoms with van der Waals surface area (Å²) < 4.78 is 9.50. The molecule has 3 aliphatic heterocycles. The van der Waals surface area contributed by atoms with Gasteiger partial charge in [0.15, 0.2) is 0 Å². The van der Waals surface area contributed by atoms with Crippen LogP contribution in [0.5, 0.6) is 0 Å². The lowest BCUT2D eigenvalue weighted by Crippen LogP contribution is -2.44. The first-order chi connectivity index (χ1) is 17.8. The van der Waals surface area contributed by atoms with Crippen molar-refractivity contribution in [3.05, 3.63) is 52.6 Å². The Labute approximate surface area is 214 Å². The van der Waals surface area contributed by atoms with Crippen molar-refractivity contribution in [2.45, 2.75) is 50.7 Å². The van der Waals surface area contributed by atoms with Gasteiger partial charge in [0, 0.05) is 32.8 Å². The number of nitrogens with two attached hydrogens (primary N) is 1. The van der Waals surface area contributed by atoms with Crippen molar-refractivity contribution in [1.29, 1.82) is 0 Å². The summed E-state index contributed by atoms with van der Waals surface area (Å²) in [6, 6.07) is 9.02. The fourth-order valence-electron chi connectivity index (χ4n) is 6.26. The van der Waals surface area contributed by atoms with Gasteiger partial charge >= 0.3 is 5.69 Å². The maximum absolute atomic E-state index is 13.3. The Kier molecular flexibility index (Phi) is 5.78. The molecule has 3 aliphatic rings. The molecule has 1 aromatic carbocycles. The van der Waals surface area contributed by atoms with Gasteiger partial charge in [0.2, 0.25) is 11.8 Å². The Bertz CT molecular complexity index is 1410. The van der Waals surface area contributed by atoms with E-state index in [2.05, 4.69) is 21.3 Å². The van der Waals surface area contributed by atoms with Crippen molar-refractivity contribution < 1.29 is 14.3 Å². The molecule has 5 heterocycles. The number of nitrogen functional groups attached to an aromatic ring is 1. The summed E-state index contributed by atoms with van der Waals surface area (Å²) in [4.78, 5) is 44.0. The van der Waals surface area contributed by atoms with Crippen molar-refractivity contribution >= 4 is 34.4 Å². The topological polar surface area (TPSA) is 124 Å². The van der Waals surface area contributed by atoms with E-state index in [1.54, 1.807) is 16.2 Å². The quantitative estimate of drug-likeness (QED) is 0.525. The summed E-state index contributed by atoms with van der Waals surface area (Å²) >= 11 is 0. The molecule has 0 radical (unpaired) electrons. The summed E-state index contributed by atoms with van der Waals surface area (Å²) in [5.41, 5.74) is 9.27. The fraction of sp³-hybridized carbons (Fsp3) is 0.481. The van der Waals surface area contributed by atoms with Gasteiger partial charge in [0.1, 0.15) is 11.9 Å². The van der Waals surface area contributed by atoms with Crippen LogP contribution in [0.15, 0.2) is 41.3 Å². The van der Waals surface area contributed by atoms with Gasteiger partial charge in [-0.05, 0) is 61.3 Å². The first-order valence-electron chi connectivity index (χ1n) is 13.0. The third-order valence-corrected chi connectivity index (χ3v) is 8.48. The van der Waals surface area contributed by atoms with Crippen LogP contribution in [0.4, 0.5) is 11.5 Å². The number of ether oxygens (including phenoxy) is 1. The summed E-state index contributed by atoms with van der Waals surface area (Å²) in [6.45, 7) is 2.47. The lowest BCUT2D eigenvalue weighted by molar-refractivity contribution is -0.135. The van der Waals surface area contributed by atoms with E-state index in [1.165, 1.54) is 0 Å². The number of hydrogen-bond donors (Lipinski definition) is 2. The van der Waals surface area contributed by atoms with Crippen LogP contribution >= 0.6 is 0 Å². The van der Waals surface area contributed by atoms with Crippen molar-refractivity contribution in [1.82, 2.24) is 19.4 Å². The van der Waals surface area contributed by atoms with Crippen LogP contribution < -0.4 is 21.6 Å². The number of anilines is 2. The van der Waals surface area contributed by atoms with Crippen LogP contribution in [0.25, 0.3) is 11.0 Å². The highest BCUT2D eigenvalue weighted by Crippen LogP contribution is 2.45. The van der Waals surface area contributed by atoms with Crippen LogP contribution in [-0.2, 0) is 21.4 Å². The highest BCUT2D eigenvalue weighted by Gasteiger charge is 2.40. The molecular formula is C27H32N6O4. The Morgan fingerprint density at radius 1 is 1.08 bits per heavy atom. The zero-order valence-corrected chi connectivity index (χ0v) is 21.0. The van der Waals surface area contributed by atoms with E-state index in [1.807, 2.05) is 30.5 Å². The van der Waals surface area contributed by atoms with Crippen LogP contribution in [0.1, 0.15) is 56.2 Å². The minimum atomic E-state index is -0.683. The molecule has 1 spiro atoms. The fourth-order valence-corrected chi connectivity index (χ4v) is 6.26. The van der Waals surface area contributed by atoms with E-state index in [9.17, 15) is 14.4 Å². The van der Waals surface area contributed by atoms with Crippen LogP contribution in [0, 0.1) is 5.41 Å². The number of aromatic nitrogens is 3. The minimum Gasteiger partial charge on any atom is -0.384 e. The summed E-state index contributed by atoms with van der Waals surface area (Å²) in [7, 11) is 1.75. The third-order valence-electron chi connectivity index (χ3n) is 8.48. The Morgan fingerprint density at radius 3 is 2.57 bits per heavy atom. The first kappa shape index (κ1) is 23.7. The second-order valence-electron chi connectivity index (χ2n) is 10.7. The van der Waals surface area contributed by atoms with Crippen LogP contribution in [0.3, 0.4) is 0 Å². The van der Waals surface area contributed by atoms with Gasteiger partial charge in [-0.3, -0.25) is 24.0 Å². The maximum atomic E-state index is 13.3. The SMILES string of the molecule is Cn1c(=O)n(C2CCC(=O)NC2=O)c2cccc(N3CCC4(CC[C@@H](c5ccc(N)nc5)OC4)CC3)c21. The van der Waals surface area contributed by atoms with Crippen LogP contribution in [0.2, 0.25) is 0 Å². The van der Waals surface area contributed by atoms with E-state index >= 15 is 0 Å². The molecule has 1 unspecified atom stereocenters. The van der Waals surface area contributed by atoms with Crippen molar-refractivity contribution in [2.24, 2.45) is 12.5 Å². The predicted octanol–water partition coefficient (Wildman–Crippen LogP) is 2.43. The van der Waals surface area contributed by atoms with E-state index in [4.69, 9.17) is 10.5 Å². The normalized spacial score (nSPS) is 24.0. The lowest BCUT2D eigenvalue weighted by Gasteiger charge is -2.46. The van der Waals surface area contributed by atoms with Crippen LogP contribution in [-0.4, -0.2) is 45.6 Å². The highest BCUT2D eigenvalue weighted by atomic mass is 16.5. The molecule has 3 fully saturated rings. The standard InChI is InChI=1S/C27H32N6O4/c1-31-24-18(3-2-4-19(24)33(26(31)36)20-6-8-23(34)30-25(20)35)32-13-11-27(12-14-32)10-9-21(37-16-27)17-5-7-22(28)29-15-17/h2-5,7,15,20-21H,6,8-14,16H2,1H3,(H2,28,29)(H,30,34,35)/t20?,21-/m0/s1. The summed E-state index contributed by atoms with van der Waals surface area (Å²) in [5.74, 6) is -0.189. The number of fused-ring (bicyclic) bond motifs is 1. The molecule has 2 aromatic heterocycles. The van der Waals surface area contributed by atoms with Crippen molar-refractivity contribution in [2.75, 3.05) is 30.3 Å². The molecule has 3 aromatic rings. The first-order valence-corrected chi connectivity index (χ1v) is 13.0. The maximum Gasteiger partial charge on any atom is 0.329 e. The zero-order chi connectivity index (χ0) is 25.7. The van der Waals surface area contributed by atoms with E-state index in [0.717, 1.165) is 67.7 Å². The number of hydrogen-bond acceptors (Lipinski definition) is 7. The smallest absolute Gasteiger partial charge is 0.329 e. The number of imidazole rings is 1. The molecule has 3 N–H and O–H groups in total. The number of imide groups is 1. The van der Waals surface area contributed by atoms with Gasteiger partial charge in [-0.1, -0.05) is 12.1 Å². The largest absolute Gasteiger partial charge is 0.384 e. The van der Waals surface area contributed by atoms with E-state index in [0.29, 0.717) is 12.2 Å². The Morgan fingerprint density at radius 2 is 1.89 bits per heavy atom. The molecule has 0 saturated carbocycles. The van der Waals surface area contributed by atoms with Gasteiger partial charge in [-0.15, -0.1) is 0 Å². The van der Waals surface area contributed by atoms with E-state index < -0.39 is 11.9 Å². The number of piperidine rings is 2. The Balaban J connectivity index is 1.20. The minimum absolute atomic E-state index is 0.0621. The van der Waals surface area contributed by atoms with Crippen molar-refractivity contribution in [3.8, 4) is 0 Å². The zero-order valence-electron chi connectivity index (χ0n) is 21.0. The van der Waals surface area contributed by atoms with E-state index in [-0.39, 0.29) is 29.5 Å². The molecule has 37 heavy (non-hydrogen) atoms. The molecular weight excluding hydrogens is 472 g/mol. The number of carbonyl (C=O) groups is 2. The number of benzene rings is 1. The number of pyridine rings is 1. The summed E-state index contributed by atoms with van der Waals surface area (Å²) in [6.07, 6.45) is 6.52. The van der Waals surface area contributed by atoms with Gasteiger partial charge in [0.05, 0.1) is 29.4 Å². The Hall–Kier alpha value is -3.66. The predicted molar refractivity (Wildman–Crippen MR) is 139 cm³/mol. The van der Waals surface area contributed by atoms with Crippen molar-refractivity contribution in [3.63, 3.8) is 0 Å². The van der Waals surface area contributed by atoms with Gasteiger partial charge in [0.25, 0.3) is 0 Å². The second-order valence-corrected chi connectivity index (χ2v) is 10.7. The number of para-hydroxylation sites is 1. The number of nitrogens with zero attached hydrogens (tertiary/aromatic N) is 4. The van der Waals surface area contributed by atoms with Gasteiger partial charge < -0.3 is 15.4 Å². The molecule has 194 valence electrons. The van der Waals surface area contributed by atoms with Gasteiger partial charge in [-0.25, -0.2) is 9.78 Å². The number of rotatable bonds is 3. The average Bonchev–Trinajstić information content (AvgIpc) is 3.16. The molecule has 2 atom stereocenters. The average molecular weight is 505 g/mol. The molecule has 0 bridgehead atoms. The lowest BCUT2D eigenvalue weighted by atomic mass is 9.73. The highest BCUT2D eigenvalue weighted by molar-refractivity contribution is 6.00. The summed E-state index contributed by atoms with van der Waals surface area (Å²) in [5, 5.41) is 2.38.